The molecule has 1 heterocycles. The van der Waals surface area contributed by atoms with E-state index in [1.54, 1.807) is 6.07 Å². The highest BCUT2D eigenvalue weighted by Gasteiger charge is 2.10. The first kappa shape index (κ1) is 16.4. The van der Waals surface area contributed by atoms with Gasteiger partial charge in [0.25, 0.3) is 5.56 Å². The molecule has 1 aromatic heterocycles. The second kappa shape index (κ2) is 6.83. The van der Waals surface area contributed by atoms with Crippen LogP contribution in [0.25, 0.3) is 0 Å². The first-order valence-corrected chi connectivity index (χ1v) is 7.47. The molecule has 0 bridgehead atoms. The number of nitrogens with zero attached hydrogens (tertiary/aromatic N) is 2. The van der Waals surface area contributed by atoms with E-state index in [9.17, 15) is 14.0 Å². The lowest BCUT2D eigenvalue weighted by atomic mass is 10.1. The van der Waals surface area contributed by atoms with Crippen molar-refractivity contribution >= 4 is 27.5 Å². The number of carbonyl (C=O) groups is 1. The maximum atomic E-state index is 13.6. The molecule has 7 heteroatoms. The van der Waals surface area contributed by atoms with Crippen molar-refractivity contribution in [2.24, 2.45) is 0 Å². The first-order valence-electron chi connectivity index (χ1n) is 6.68. The van der Waals surface area contributed by atoms with E-state index in [1.165, 1.54) is 29.1 Å². The zero-order valence-corrected chi connectivity index (χ0v) is 13.7. The fourth-order valence-electron chi connectivity index (χ4n) is 1.81. The second-order valence-electron chi connectivity index (χ2n) is 5.11. The molecule has 1 aromatic carbocycles. The molecule has 0 saturated heterocycles. The topological polar surface area (TPSA) is 64.0 Å². The van der Waals surface area contributed by atoms with E-state index in [0.29, 0.717) is 10.2 Å². The van der Waals surface area contributed by atoms with Crippen LogP contribution in [0.2, 0.25) is 0 Å². The molecule has 2 aromatic rings. The van der Waals surface area contributed by atoms with Crippen LogP contribution in [0.3, 0.4) is 0 Å². The summed E-state index contributed by atoms with van der Waals surface area (Å²) in [6.45, 7) is 3.63. The minimum absolute atomic E-state index is 0.0630. The van der Waals surface area contributed by atoms with Crippen molar-refractivity contribution in [1.82, 2.24) is 9.55 Å². The zero-order chi connectivity index (χ0) is 16.3. The van der Waals surface area contributed by atoms with E-state index in [4.69, 9.17) is 0 Å². The summed E-state index contributed by atoms with van der Waals surface area (Å²) in [4.78, 5) is 28.0. The summed E-state index contributed by atoms with van der Waals surface area (Å²) in [6, 6.07) is 5.71. The molecule has 0 atom stereocenters. The Morgan fingerprint density at radius 2 is 2.14 bits per heavy atom. The minimum atomic E-state index is -0.552. The summed E-state index contributed by atoms with van der Waals surface area (Å²) in [7, 11) is 0. The van der Waals surface area contributed by atoms with Crippen LogP contribution in [0.5, 0.6) is 0 Å². The normalized spacial score (nSPS) is 10.8. The molecule has 1 amide bonds. The SMILES string of the molecule is CC(C)c1cc(=O)n(CC(=O)Nc2ccc(Br)cc2F)cn1. The Morgan fingerprint density at radius 1 is 1.41 bits per heavy atom. The van der Waals surface area contributed by atoms with Gasteiger partial charge in [-0.1, -0.05) is 29.8 Å². The molecule has 5 nitrogen and oxygen atoms in total. The monoisotopic (exact) mass is 367 g/mol. The molecule has 2 rings (SSSR count). The van der Waals surface area contributed by atoms with Crippen LogP contribution in [-0.4, -0.2) is 15.5 Å². The third-order valence-corrected chi connectivity index (χ3v) is 3.50. The molecule has 1 N–H and O–H groups in total. The maximum absolute atomic E-state index is 13.6. The van der Waals surface area contributed by atoms with Crippen molar-refractivity contribution in [3.8, 4) is 0 Å². The van der Waals surface area contributed by atoms with Crippen molar-refractivity contribution < 1.29 is 9.18 Å². The van der Waals surface area contributed by atoms with Crippen LogP contribution >= 0.6 is 15.9 Å². The van der Waals surface area contributed by atoms with E-state index in [-0.39, 0.29) is 23.7 Å². The number of anilines is 1. The molecule has 0 unspecified atom stereocenters. The summed E-state index contributed by atoms with van der Waals surface area (Å²) < 4.78 is 15.4. The number of rotatable bonds is 4. The van der Waals surface area contributed by atoms with E-state index in [2.05, 4.69) is 26.2 Å². The van der Waals surface area contributed by atoms with Crippen LogP contribution < -0.4 is 10.9 Å². The predicted molar refractivity (Wildman–Crippen MR) is 85.3 cm³/mol. The fourth-order valence-corrected chi connectivity index (χ4v) is 2.14. The molecule has 0 radical (unpaired) electrons. The van der Waals surface area contributed by atoms with Crippen LogP contribution in [-0.2, 0) is 11.3 Å². The summed E-state index contributed by atoms with van der Waals surface area (Å²) in [6.07, 6.45) is 1.33. The van der Waals surface area contributed by atoms with Gasteiger partial charge in [-0.25, -0.2) is 9.37 Å². The summed E-state index contributed by atoms with van der Waals surface area (Å²) in [5.41, 5.74) is 0.416. The third kappa shape index (κ3) is 4.00. The third-order valence-electron chi connectivity index (χ3n) is 3.01. The number of aromatic nitrogens is 2. The van der Waals surface area contributed by atoms with Gasteiger partial charge in [0.2, 0.25) is 5.91 Å². The Labute approximate surface area is 135 Å². The smallest absolute Gasteiger partial charge is 0.254 e. The molecule has 0 spiro atoms. The lowest BCUT2D eigenvalue weighted by Crippen LogP contribution is -2.28. The first-order chi connectivity index (χ1) is 10.4. The van der Waals surface area contributed by atoms with Crippen molar-refractivity contribution in [3.63, 3.8) is 0 Å². The number of hydrogen-bond acceptors (Lipinski definition) is 3. The van der Waals surface area contributed by atoms with Crippen LogP contribution in [0.4, 0.5) is 10.1 Å². The number of carbonyl (C=O) groups excluding carboxylic acids is 1. The summed E-state index contributed by atoms with van der Waals surface area (Å²) >= 11 is 3.14. The average molecular weight is 368 g/mol. The van der Waals surface area contributed by atoms with Gasteiger partial charge in [0.15, 0.2) is 0 Å². The van der Waals surface area contributed by atoms with Gasteiger partial charge in [-0.2, -0.15) is 0 Å². The van der Waals surface area contributed by atoms with Crippen LogP contribution in [0, 0.1) is 5.82 Å². The van der Waals surface area contributed by atoms with Gasteiger partial charge >= 0.3 is 0 Å². The number of hydrogen-bond donors (Lipinski definition) is 1. The highest BCUT2D eigenvalue weighted by molar-refractivity contribution is 9.10. The Morgan fingerprint density at radius 3 is 2.73 bits per heavy atom. The van der Waals surface area contributed by atoms with Gasteiger partial charge in [0.1, 0.15) is 12.4 Å². The molecule has 0 aliphatic carbocycles. The van der Waals surface area contributed by atoms with E-state index in [1.807, 2.05) is 13.8 Å². The van der Waals surface area contributed by atoms with Crippen molar-refractivity contribution in [2.75, 3.05) is 5.32 Å². The average Bonchev–Trinajstić information content (AvgIpc) is 2.44. The molecule has 22 heavy (non-hydrogen) atoms. The largest absolute Gasteiger partial charge is 0.322 e. The number of benzene rings is 1. The molecule has 0 aliphatic heterocycles. The number of nitrogens with one attached hydrogen (secondary N) is 1. The zero-order valence-electron chi connectivity index (χ0n) is 12.1. The minimum Gasteiger partial charge on any atom is -0.322 e. The Hall–Kier alpha value is -2.02. The second-order valence-corrected chi connectivity index (χ2v) is 6.02. The molecular weight excluding hydrogens is 353 g/mol. The van der Waals surface area contributed by atoms with Gasteiger partial charge in [-0.3, -0.25) is 14.2 Å². The molecular formula is C15H15BrFN3O2. The van der Waals surface area contributed by atoms with Crippen molar-refractivity contribution in [1.29, 1.82) is 0 Å². The lowest BCUT2D eigenvalue weighted by molar-refractivity contribution is -0.116. The Kier molecular flexibility index (Phi) is 5.07. The molecule has 0 fully saturated rings. The predicted octanol–water partition coefficient (Wildman–Crippen LogP) is 2.91. The number of amides is 1. The molecule has 116 valence electrons. The van der Waals surface area contributed by atoms with Crippen molar-refractivity contribution in [2.45, 2.75) is 26.3 Å². The quantitative estimate of drug-likeness (QED) is 0.903. The lowest BCUT2D eigenvalue weighted by Gasteiger charge is -2.09. The van der Waals surface area contributed by atoms with Crippen LogP contribution in [0.1, 0.15) is 25.5 Å². The van der Waals surface area contributed by atoms with E-state index in [0.717, 1.165) is 0 Å². The van der Waals surface area contributed by atoms with E-state index >= 15 is 0 Å². The maximum Gasteiger partial charge on any atom is 0.254 e. The van der Waals surface area contributed by atoms with Gasteiger partial charge in [-0.05, 0) is 24.1 Å². The van der Waals surface area contributed by atoms with Gasteiger partial charge in [-0.15, -0.1) is 0 Å². The Bertz CT molecular complexity index is 759. The van der Waals surface area contributed by atoms with Crippen molar-refractivity contribution in [3.05, 3.63) is 56.9 Å². The highest BCUT2D eigenvalue weighted by atomic mass is 79.9. The number of halogens is 2. The van der Waals surface area contributed by atoms with E-state index < -0.39 is 11.7 Å². The molecule has 0 aliphatic rings. The van der Waals surface area contributed by atoms with Crippen LogP contribution in [0.15, 0.2) is 39.9 Å². The Balaban J connectivity index is 2.11. The summed E-state index contributed by atoms with van der Waals surface area (Å²) in [5.74, 6) is -0.918. The summed E-state index contributed by atoms with van der Waals surface area (Å²) in [5, 5.41) is 2.43. The fraction of sp³-hybridized carbons (Fsp3) is 0.267. The standard InChI is InChI=1S/C15H15BrFN3O2/c1-9(2)13-6-15(22)20(8-18-13)7-14(21)19-12-4-3-10(16)5-11(12)17/h3-6,8-9H,7H2,1-2H3,(H,19,21). The van der Waals surface area contributed by atoms with Gasteiger partial charge < -0.3 is 5.32 Å². The van der Waals surface area contributed by atoms with Gasteiger partial charge in [0, 0.05) is 10.5 Å². The molecule has 0 saturated carbocycles. The van der Waals surface area contributed by atoms with Gasteiger partial charge in [0.05, 0.1) is 17.7 Å². The highest BCUT2D eigenvalue weighted by Crippen LogP contribution is 2.19.